The van der Waals surface area contributed by atoms with E-state index in [0.717, 1.165) is 31.6 Å². The van der Waals surface area contributed by atoms with E-state index >= 15 is 0 Å². The molecule has 8 heteroatoms. The summed E-state index contributed by atoms with van der Waals surface area (Å²) in [7, 11) is -0.131. The van der Waals surface area contributed by atoms with Gasteiger partial charge in [-0.25, -0.2) is 8.42 Å². The van der Waals surface area contributed by atoms with Crippen molar-refractivity contribution in [3.63, 3.8) is 0 Å². The number of methoxy groups -OCH3 is 1. The van der Waals surface area contributed by atoms with E-state index in [-0.39, 0.29) is 4.90 Å². The van der Waals surface area contributed by atoms with Crippen LogP contribution in [0.1, 0.15) is 12.8 Å². The molecule has 27 heavy (non-hydrogen) atoms. The second-order valence-electron chi connectivity index (χ2n) is 6.51. The second kappa shape index (κ2) is 8.50. The summed E-state index contributed by atoms with van der Waals surface area (Å²) in [6, 6.07) is 12.4. The van der Waals surface area contributed by atoms with Crippen LogP contribution in [0.2, 0.25) is 0 Å². The number of rotatable bonds is 6. The molecular weight excluding hydrogens is 430 g/mol. The summed E-state index contributed by atoms with van der Waals surface area (Å²) in [6.45, 7) is 1.91. The van der Waals surface area contributed by atoms with Gasteiger partial charge in [-0.2, -0.15) is 0 Å². The van der Waals surface area contributed by atoms with E-state index in [0.29, 0.717) is 22.0 Å². The first-order valence-corrected chi connectivity index (χ1v) is 11.1. The van der Waals surface area contributed by atoms with E-state index < -0.39 is 10.0 Å². The number of para-hydroxylation sites is 1. The smallest absolute Gasteiger partial charge is 0.262 e. The third kappa shape index (κ3) is 4.56. The van der Waals surface area contributed by atoms with Gasteiger partial charge < -0.3 is 15.0 Å². The van der Waals surface area contributed by atoms with Crippen molar-refractivity contribution < 1.29 is 13.2 Å². The van der Waals surface area contributed by atoms with Gasteiger partial charge in [0.1, 0.15) is 5.75 Å². The molecule has 6 nitrogen and oxygen atoms in total. The van der Waals surface area contributed by atoms with Crippen LogP contribution in [0.5, 0.6) is 5.75 Å². The number of nitrogens with zero attached hydrogens (tertiary/aromatic N) is 1. The minimum absolute atomic E-state index is 0.204. The van der Waals surface area contributed by atoms with Crippen LogP contribution in [0.15, 0.2) is 51.8 Å². The normalized spacial score (nSPS) is 15.4. The number of nitrogens with one attached hydrogen (secondary N) is 2. The average molecular weight is 454 g/mol. The first-order valence-electron chi connectivity index (χ1n) is 8.81. The van der Waals surface area contributed by atoms with E-state index in [2.05, 4.69) is 30.9 Å². The molecule has 2 aromatic rings. The highest BCUT2D eigenvalue weighted by Gasteiger charge is 2.23. The van der Waals surface area contributed by atoms with Crippen molar-refractivity contribution >= 4 is 37.3 Å². The Morgan fingerprint density at radius 3 is 2.56 bits per heavy atom. The molecule has 0 aromatic heterocycles. The molecule has 1 aliphatic heterocycles. The van der Waals surface area contributed by atoms with Crippen molar-refractivity contribution in [2.24, 2.45) is 0 Å². The zero-order valence-corrected chi connectivity index (χ0v) is 17.8. The van der Waals surface area contributed by atoms with Crippen LogP contribution >= 0.6 is 15.9 Å². The quantitative estimate of drug-likeness (QED) is 0.700. The fourth-order valence-electron chi connectivity index (χ4n) is 3.25. The van der Waals surface area contributed by atoms with Gasteiger partial charge in [0, 0.05) is 17.6 Å². The van der Waals surface area contributed by atoms with Gasteiger partial charge in [0.15, 0.2) is 0 Å². The lowest BCUT2D eigenvalue weighted by Gasteiger charge is -2.34. The standard InChI is InChI=1S/C19H24BrN3O3S/c1-23(14-9-11-21-12-10-14)18-13-15(7-8-19(18)26-2)27(24,25)22-17-6-4-3-5-16(17)20/h3-8,13-14,21-22H,9-12H2,1-2H3. The number of anilines is 2. The fourth-order valence-corrected chi connectivity index (χ4v) is 4.87. The summed E-state index contributed by atoms with van der Waals surface area (Å²) < 4.78 is 34.6. The number of hydrogen-bond donors (Lipinski definition) is 2. The van der Waals surface area contributed by atoms with Gasteiger partial charge in [-0.15, -0.1) is 0 Å². The molecule has 3 rings (SSSR count). The molecule has 0 amide bonds. The van der Waals surface area contributed by atoms with Gasteiger partial charge >= 0.3 is 0 Å². The van der Waals surface area contributed by atoms with E-state index in [4.69, 9.17) is 4.74 Å². The van der Waals surface area contributed by atoms with Crippen molar-refractivity contribution in [3.05, 3.63) is 46.9 Å². The van der Waals surface area contributed by atoms with Gasteiger partial charge in [0.25, 0.3) is 10.0 Å². The molecular formula is C19H24BrN3O3S. The lowest BCUT2D eigenvalue weighted by molar-refractivity contribution is 0.405. The molecule has 2 N–H and O–H groups in total. The second-order valence-corrected chi connectivity index (χ2v) is 9.05. The molecule has 1 saturated heterocycles. The van der Waals surface area contributed by atoms with Gasteiger partial charge in [-0.1, -0.05) is 12.1 Å². The molecule has 146 valence electrons. The van der Waals surface area contributed by atoms with E-state index in [1.165, 1.54) is 0 Å². The van der Waals surface area contributed by atoms with Crippen LogP contribution in [-0.4, -0.2) is 41.7 Å². The molecule has 2 aromatic carbocycles. The predicted octanol–water partition coefficient (Wildman–Crippen LogP) is 3.45. The van der Waals surface area contributed by atoms with Crippen LogP contribution in [0.25, 0.3) is 0 Å². The number of hydrogen-bond acceptors (Lipinski definition) is 5. The molecule has 1 heterocycles. The van der Waals surface area contributed by atoms with E-state index in [1.807, 2.05) is 13.1 Å². The summed E-state index contributed by atoms with van der Waals surface area (Å²) in [5.74, 6) is 0.663. The number of piperidine rings is 1. The third-order valence-corrected chi connectivity index (χ3v) is 6.87. The Bertz CT molecular complexity index is 899. The Morgan fingerprint density at radius 2 is 1.89 bits per heavy atom. The summed E-state index contributed by atoms with van der Waals surface area (Å²) in [5.41, 5.74) is 1.28. The van der Waals surface area contributed by atoms with Gasteiger partial charge in [0.05, 0.1) is 23.4 Å². The van der Waals surface area contributed by atoms with E-state index in [9.17, 15) is 8.42 Å². The number of halogens is 1. The van der Waals surface area contributed by atoms with Crippen molar-refractivity contribution in [1.29, 1.82) is 0 Å². The largest absolute Gasteiger partial charge is 0.495 e. The third-order valence-electron chi connectivity index (χ3n) is 4.82. The topological polar surface area (TPSA) is 70.7 Å². The van der Waals surface area contributed by atoms with Gasteiger partial charge in [-0.05, 0) is 72.2 Å². The first-order chi connectivity index (χ1) is 12.9. The molecule has 0 aliphatic carbocycles. The highest BCUT2D eigenvalue weighted by molar-refractivity contribution is 9.10. The van der Waals surface area contributed by atoms with Crippen molar-refractivity contribution in [1.82, 2.24) is 5.32 Å². The first kappa shape index (κ1) is 20.0. The van der Waals surface area contributed by atoms with Crippen LogP contribution < -0.4 is 19.7 Å². The van der Waals surface area contributed by atoms with Gasteiger partial charge in [-0.3, -0.25) is 4.72 Å². The number of ether oxygens (including phenoxy) is 1. The Labute approximate surface area is 169 Å². The molecule has 1 aliphatic rings. The highest BCUT2D eigenvalue weighted by Crippen LogP contribution is 2.34. The fraction of sp³-hybridized carbons (Fsp3) is 0.368. The van der Waals surface area contributed by atoms with Crippen LogP contribution in [0.4, 0.5) is 11.4 Å². The number of sulfonamides is 1. The molecule has 0 spiro atoms. The zero-order valence-electron chi connectivity index (χ0n) is 15.4. The molecule has 0 radical (unpaired) electrons. The van der Waals surface area contributed by atoms with Crippen LogP contribution in [0.3, 0.4) is 0 Å². The summed E-state index contributed by atoms with van der Waals surface area (Å²) in [4.78, 5) is 2.33. The molecule has 0 unspecified atom stereocenters. The van der Waals surface area contributed by atoms with Crippen LogP contribution in [0, 0.1) is 0 Å². The summed E-state index contributed by atoms with van der Waals surface area (Å²) in [5, 5.41) is 3.35. The molecule has 0 atom stereocenters. The molecule has 0 bridgehead atoms. The maximum Gasteiger partial charge on any atom is 0.262 e. The lowest BCUT2D eigenvalue weighted by atomic mass is 10.0. The van der Waals surface area contributed by atoms with Crippen molar-refractivity contribution in [3.8, 4) is 5.75 Å². The predicted molar refractivity (Wildman–Crippen MR) is 112 cm³/mol. The molecule has 0 saturated carbocycles. The monoisotopic (exact) mass is 453 g/mol. The van der Waals surface area contributed by atoms with Gasteiger partial charge in [0.2, 0.25) is 0 Å². The summed E-state index contributed by atoms with van der Waals surface area (Å²) >= 11 is 3.37. The Kier molecular flexibility index (Phi) is 6.29. The average Bonchev–Trinajstić information content (AvgIpc) is 2.69. The van der Waals surface area contributed by atoms with Crippen molar-refractivity contribution in [2.75, 3.05) is 36.9 Å². The maximum atomic E-state index is 12.9. The lowest BCUT2D eigenvalue weighted by Crippen LogP contribution is -2.41. The Balaban J connectivity index is 1.93. The minimum Gasteiger partial charge on any atom is -0.495 e. The van der Waals surface area contributed by atoms with E-state index in [1.54, 1.807) is 43.5 Å². The summed E-state index contributed by atoms with van der Waals surface area (Å²) in [6.07, 6.45) is 2.01. The maximum absolute atomic E-state index is 12.9. The zero-order chi connectivity index (χ0) is 19.4. The minimum atomic E-state index is -3.72. The van der Waals surface area contributed by atoms with Crippen LogP contribution in [-0.2, 0) is 10.0 Å². The molecule has 1 fully saturated rings. The number of benzene rings is 2. The SMILES string of the molecule is COc1ccc(S(=O)(=O)Nc2ccccc2Br)cc1N(C)C1CCNCC1. The Morgan fingerprint density at radius 1 is 1.19 bits per heavy atom. The Hall–Kier alpha value is -1.77. The highest BCUT2D eigenvalue weighted by atomic mass is 79.9. The van der Waals surface area contributed by atoms with Crippen molar-refractivity contribution in [2.45, 2.75) is 23.8 Å².